The average molecular weight is 81.1 g/mol. The van der Waals surface area contributed by atoms with Crippen molar-refractivity contribution in [3.05, 3.63) is 0 Å². The zero-order valence-electron chi connectivity index (χ0n) is 3.65. The van der Waals surface area contributed by atoms with Crippen LogP contribution >= 0.6 is 0 Å². The van der Waals surface area contributed by atoms with Gasteiger partial charge in [0.25, 0.3) is 0 Å². The molecule has 0 amide bonds. The van der Waals surface area contributed by atoms with Crippen LogP contribution < -0.4 is 0 Å². The maximum atomic E-state index is 4.11. The molecule has 0 N–H and O–H groups in total. The minimum absolute atomic E-state index is 0.472. The summed E-state index contributed by atoms with van der Waals surface area (Å²) in [6, 6.07) is 0. The minimum atomic E-state index is 0.472. The van der Waals surface area contributed by atoms with Crippen LogP contribution in [0.2, 0.25) is 0 Å². The van der Waals surface area contributed by atoms with Gasteiger partial charge in [0.15, 0.2) is 0 Å². The number of hydrogen-bond acceptors (Lipinski definition) is 1. The summed E-state index contributed by atoms with van der Waals surface area (Å²) in [7, 11) is 0. The molecule has 1 aliphatic carbocycles. The van der Waals surface area contributed by atoms with E-state index in [-0.39, 0.29) is 0 Å². The largest absolute Gasteiger partial charge is 0.283 e. The minimum Gasteiger partial charge on any atom is -0.283 e. The standard InChI is InChI=1S/C5H7N/c1-2-5(3-1)4-6-5/h4H,1-3H2. The van der Waals surface area contributed by atoms with Gasteiger partial charge in [-0.2, -0.15) is 0 Å². The third kappa shape index (κ3) is 0.163. The van der Waals surface area contributed by atoms with Crippen molar-refractivity contribution in [2.75, 3.05) is 0 Å². The van der Waals surface area contributed by atoms with Crippen LogP contribution in [0.25, 0.3) is 0 Å². The molecule has 1 saturated carbocycles. The van der Waals surface area contributed by atoms with Crippen molar-refractivity contribution in [2.45, 2.75) is 24.8 Å². The van der Waals surface area contributed by atoms with E-state index in [1.54, 1.807) is 0 Å². The first-order valence-electron chi connectivity index (χ1n) is 2.48. The van der Waals surface area contributed by atoms with Gasteiger partial charge in [-0.3, -0.25) is 4.99 Å². The number of aliphatic imine (C=N–C) groups is 1. The lowest BCUT2D eigenvalue weighted by Crippen LogP contribution is -2.22. The summed E-state index contributed by atoms with van der Waals surface area (Å²) in [6.45, 7) is 0. The monoisotopic (exact) mass is 81.1 g/mol. The van der Waals surface area contributed by atoms with Crippen molar-refractivity contribution in [3.8, 4) is 0 Å². The van der Waals surface area contributed by atoms with Crippen LogP contribution in [0.15, 0.2) is 4.99 Å². The third-order valence-electron chi connectivity index (χ3n) is 1.71. The highest BCUT2D eigenvalue weighted by molar-refractivity contribution is 5.85. The van der Waals surface area contributed by atoms with Gasteiger partial charge < -0.3 is 0 Å². The predicted octanol–water partition coefficient (Wildman–Crippen LogP) is 0.994. The third-order valence-corrected chi connectivity index (χ3v) is 1.71. The fourth-order valence-electron chi connectivity index (χ4n) is 0.889. The molecule has 1 nitrogen and oxygen atoms in total. The topological polar surface area (TPSA) is 12.4 Å². The second kappa shape index (κ2) is 0.552. The molecule has 0 saturated heterocycles. The first-order valence-corrected chi connectivity index (χ1v) is 2.48. The van der Waals surface area contributed by atoms with Crippen molar-refractivity contribution >= 4 is 6.21 Å². The fraction of sp³-hybridized carbons (Fsp3) is 0.800. The molecular weight excluding hydrogens is 74.1 g/mol. The molecule has 0 unspecified atom stereocenters. The molecule has 1 heterocycles. The summed E-state index contributed by atoms with van der Waals surface area (Å²) in [5, 5.41) is 0. The van der Waals surface area contributed by atoms with Gasteiger partial charge in [-0.25, -0.2) is 0 Å². The van der Waals surface area contributed by atoms with Crippen LogP contribution in [0, 0.1) is 0 Å². The highest BCUT2D eigenvalue weighted by Gasteiger charge is 2.42. The predicted molar refractivity (Wildman–Crippen MR) is 25.1 cm³/mol. The van der Waals surface area contributed by atoms with Crippen LogP contribution in [-0.2, 0) is 0 Å². The van der Waals surface area contributed by atoms with Gasteiger partial charge >= 0.3 is 0 Å². The zero-order chi connectivity index (χ0) is 4.04. The Hall–Kier alpha value is -0.330. The highest BCUT2D eigenvalue weighted by Crippen LogP contribution is 2.41. The lowest BCUT2D eigenvalue weighted by molar-refractivity contribution is 0.403. The van der Waals surface area contributed by atoms with Gasteiger partial charge in [0.1, 0.15) is 0 Å². The van der Waals surface area contributed by atoms with Gasteiger partial charge in [-0.15, -0.1) is 0 Å². The molecule has 0 aromatic heterocycles. The Balaban J connectivity index is 2.12. The molecule has 6 heavy (non-hydrogen) atoms. The van der Waals surface area contributed by atoms with Crippen molar-refractivity contribution in [1.29, 1.82) is 0 Å². The van der Waals surface area contributed by atoms with E-state index in [2.05, 4.69) is 11.2 Å². The Labute approximate surface area is 37.1 Å². The van der Waals surface area contributed by atoms with Crippen molar-refractivity contribution in [3.63, 3.8) is 0 Å². The summed E-state index contributed by atoms with van der Waals surface area (Å²) >= 11 is 0. The van der Waals surface area contributed by atoms with Crippen LogP contribution in [0.3, 0.4) is 0 Å². The summed E-state index contributed by atoms with van der Waals surface area (Å²) in [6.07, 6.45) is 6.16. The zero-order valence-corrected chi connectivity index (χ0v) is 3.65. The van der Waals surface area contributed by atoms with E-state index in [0.717, 1.165) is 0 Å². The number of rotatable bonds is 0. The van der Waals surface area contributed by atoms with E-state index in [4.69, 9.17) is 0 Å². The molecule has 1 heteroatoms. The molecule has 0 aromatic rings. The Morgan fingerprint density at radius 1 is 1.50 bits per heavy atom. The number of hydrogen-bond donors (Lipinski definition) is 0. The average Bonchev–Trinajstić information content (AvgIpc) is 2.02. The van der Waals surface area contributed by atoms with Gasteiger partial charge in [0.2, 0.25) is 0 Å². The van der Waals surface area contributed by atoms with Gasteiger partial charge in [0.05, 0.1) is 5.54 Å². The fourth-order valence-corrected chi connectivity index (χ4v) is 0.889. The maximum absolute atomic E-state index is 4.11. The van der Waals surface area contributed by atoms with Gasteiger partial charge in [0, 0.05) is 6.21 Å². The molecule has 32 valence electrons. The van der Waals surface area contributed by atoms with Crippen molar-refractivity contribution < 1.29 is 0 Å². The van der Waals surface area contributed by atoms with E-state index in [9.17, 15) is 0 Å². The molecule has 0 radical (unpaired) electrons. The summed E-state index contributed by atoms with van der Waals surface area (Å²) in [4.78, 5) is 4.11. The second-order valence-corrected chi connectivity index (χ2v) is 2.22. The van der Waals surface area contributed by atoms with Crippen LogP contribution in [-0.4, -0.2) is 11.8 Å². The smallest absolute Gasteiger partial charge is 0.0950 e. The van der Waals surface area contributed by atoms with Gasteiger partial charge in [-0.1, -0.05) is 0 Å². The summed E-state index contributed by atoms with van der Waals surface area (Å²) < 4.78 is 0. The highest BCUT2D eigenvalue weighted by atomic mass is 15.0. The molecule has 1 fully saturated rings. The molecule has 2 rings (SSSR count). The van der Waals surface area contributed by atoms with Crippen molar-refractivity contribution in [1.82, 2.24) is 0 Å². The van der Waals surface area contributed by atoms with Crippen molar-refractivity contribution in [2.24, 2.45) is 4.99 Å². The molecule has 0 atom stereocenters. The van der Waals surface area contributed by atoms with E-state index >= 15 is 0 Å². The molecule has 0 bridgehead atoms. The van der Waals surface area contributed by atoms with E-state index < -0.39 is 0 Å². The first-order chi connectivity index (χ1) is 2.91. The van der Waals surface area contributed by atoms with Crippen LogP contribution in [0.1, 0.15) is 19.3 Å². The van der Waals surface area contributed by atoms with E-state index in [1.165, 1.54) is 19.3 Å². The molecule has 2 aliphatic rings. The Morgan fingerprint density at radius 2 is 2.17 bits per heavy atom. The Morgan fingerprint density at radius 3 is 2.17 bits per heavy atom. The first kappa shape index (κ1) is 2.78. The van der Waals surface area contributed by atoms with Crippen LogP contribution in [0.5, 0.6) is 0 Å². The summed E-state index contributed by atoms with van der Waals surface area (Å²) in [5.74, 6) is 0. The normalized spacial score (nSPS) is 33.3. The maximum Gasteiger partial charge on any atom is 0.0950 e. The van der Waals surface area contributed by atoms with Gasteiger partial charge in [-0.05, 0) is 19.3 Å². The Bertz CT molecular complexity index is 92.5. The van der Waals surface area contributed by atoms with Crippen LogP contribution in [0.4, 0.5) is 0 Å². The second-order valence-electron chi connectivity index (χ2n) is 2.22. The van der Waals surface area contributed by atoms with E-state index in [0.29, 0.717) is 5.54 Å². The quantitative estimate of drug-likeness (QED) is 0.412. The number of nitrogens with zero attached hydrogens (tertiary/aromatic N) is 1. The SMILES string of the molecule is C1=NC12CCC2. The molecular formula is C5H7N. The summed E-state index contributed by atoms with van der Waals surface area (Å²) in [5.41, 5.74) is 0.472. The lowest BCUT2D eigenvalue weighted by Gasteiger charge is -2.21. The molecule has 0 aromatic carbocycles. The molecule has 1 spiro atoms. The Kier molecular flexibility index (Phi) is 0.256. The lowest BCUT2D eigenvalue weighted by atomic mass is 9.84. The van der Waals surface area contributed by atoms with E-state index in [1.807, 2.05) is 0 Å². The molecule has 1 aliphatic heterocycles.